The van der Waals surface area contributed by atoms with Crippen molar-refractivity contribution >= 4 is 23.2 Å². The first-order chi connectivity index (χ1) is 11.9. The molecule has 2 aromatic rings. The molecule has 1 aliphatic carbocycles. The van der Waals surface area contributed by atoms with Gasteiger partial charge in [-0.15, -0.1) is 0 Å². The summed E-state index contributed by atoms with van der Waals surface area (Å²) in [5.74, 6) is -0.754. The van der Waals surface area contributed by atoms with Gasteiger partial charge in [0.15, 0.2) is 0 Å². The Morgan fingerprint density at radius 1 is 1.16 bits per heavy atom. The Kier molecular flexibility index (Phi) is 4.90. The monoisotopic (exact) mass is 369 g/mol. The van der Waals surface area contributed by atoms with Crippen LogP contribution in [0.5, 0.6) is 5.75 Å². The third-order valence-electron chi connectivity index (χ3n) is 4.44. The molecule has 0 aromatic heterocycles. The molecule has 1 aliphatic rings. The summed E-state index contributed by atoms with van der Waals surface area (Å²) in [5, 5.41) is 2.73. The van der Waals surface area contributed by atoms with E-state index in [1.807, 2.05) is 0 Å². The lowest BCUT2D eigenvalue weighted by atomic mass is 9.64. The molecule has 1 N–H and O–H groups in total. The highest BCUT2D eigenvalue weighted by Crippen LogP contribution is 2.44. The Bertz CT molecular complexity index is 776. The summed E-state index contributed by atoms with van der Waals surface area (Å²) in [5.41, 5.74) is 0.421. The normalized spacial score (nSPS) is 15.6. The van der Waals surface area contributed by atoms with Crippen LogP contribution in [-0.2, 0) is 10.2 Å². The van der Waals surface area contributed by atoms with Gasteiger partial charge >= 0.3 is 6.61 Å². The number of ether oxygens (including phenoxy) is 1. The number of hydrogen-bond donors (Lipinski definition) is 1. The average Bonchev–Trinajstić information content (AvgIpc) is 2.50. The Morgan fingerprint density at radius 2 is 1.84 bits per heavy atom. The second kappa shape index (κ2) is 6.96. The zero-order valence-corrected chi connectivity index (χ0v) is 13.8. The summed E-state index contributed by atoms with van der Waals surface area (Å²) >= 11 is 5.90. The first kappa shape index (κ1) is 17.6. The second-order valence-electron chi connectivity index (χ2n) is 5.92. The summed E-state index contributed by atoms with van der Waals surface area (Å²) < 4.78 is 41.9. The van der Waals surface area contributed by atoms with E-state index in [2.05, 4.69) is 10.1 Å². The van der Waals surface area contributed by atoms with Crippen molar-refractivity contribution in [2.75, 3.05) is 5.32 Å². The topological polar surface area (TPSA) is 38.3 Å². The fourth-order valence-electron chi connectivity index (χ4n) is 2.97. The lowest BCUT2D eigenvalue weighted by Gasteiger charge is -2.40. The highest BCUT2D eigenvalue weighted by molar-refractivity contribution is 6.32. The van der Waals surface area contributed by atoms with Crippen LogP contribution in [0.3, 0.4) is 0 Å². The van der Waals surface area contributed by atoms with Gasteiger partial charge in [-0.3, -0.25) is 4.79 Å². The summed E-state index contributed by atoms with van der Waals surface area (Å²) in [7, 11) is 0. The summed E-state index contributed by atoms with van der Waals surface area (Å²) in [6.07, 6.45) is 2.21. The second-order valence-corrected chi connectivity index (χ2v) is 6.33. The van der Waals surface area contributed by atoms with Gasteiger partial charge in [0.05, 0.1) is 10.4 Å². The predicted molar refractivity (Wildman–Crippen MR) is 88.6 cm³/mol. The van der Waals surface area contributed by atoms with E-state index in [9.17, 15) is 18.0 Å². The SMILES string of the molecule is O=C(Nc1ccc(OC(F)F)c(Cl)c1)C1(c2ccc(F)cc2)CCC1. The number of hydrogen-bond acceptors (Lipinski definition) is 2. The maximum atomic E-state index is 13.1. The minimum absolute atomic E-state index is 0.0254. The zero-order valence-electron chi connectivity index (χ0n) is 13.1. The Hall–Kier alpha value is -2.21. The third kappa shape index (κ3) is 3.58. The van der Waals surface area contributed by atoms with E-state index < -0.39 is 12.0 Å². The van der Waals surface area contributed by atoms with Crippen LogP contribution in [-0.4, -0.2) is 12.5 Å². The molecule has 1 fully saturated rings. The number of halogens is 4. The van der Waals surface area contributed by atoms with Crippen molar-refractivity contribution in [1.29, 1.82) is 0 Å². The standard InChI is InChI=1S/C18H15ClF3NO2/c19-14-10-13(6-7-15(14)25-17(21)22)23-16(24)18(8-1-9-18)11-2-4-12(20)5-3-11/h2-7,10,17H,1,8-9H2,(H,23,24). The number of carbonyl (C=O) groups excluding carboxylic acids is 1. The molecule has 0 aliphatic heterocycles. The minimum atomic E-state index is -2.98. The fourth-order valence-corrected chi connectivity index (χ4v) is 3.19. The lowest BCUT2D eigenvalue weighted by molar-refractivity contribution is -0.124. The molecule has 0 unspecified atom stereocenters. The van der Waals surface area contributed by atoms with E-state index in [1.54, 1.807) is 12.1 Å². The van der Waals surface area contributed by atoms with Gasteiger partial charge < -0.3 is 10.1 Å². The molecule has 7 heteroatoms. The van der Waals surface area contributed by atoms with Crippen molar-refractivity contribution in [3.8, 4) is 5.75 Å². The van der Waals surface area contributed by atoms with E-state index in [1.165, 1.54) is 30.3 Å². The van der Waals surface area contributed by atoms with Crippen LogP contribution in [0.4, 0.5) is 18.9 Å². The van der Waals surface area contributed by atoms with Gasteiger partial charge in [0.2, 0.25) is 5.91 Å². The molecule has 1 saturated carbocycles. The molecule has 0 radical (unpaired) electrons. The maximum Gasteiger partial charge on any atom is 0.387 e. The van der Waals surface area contributed by atoms with Crippen molar-refractivity contribution in [3.63, 3.8) is 0 Å². The van der Waals surface area contributed by atoms with E-state index in [-0.39, 0.29) is 22.5 Å². The predicted octanol–water partition coefficient (Wildman–Crippen LogP) is 5.14. The molecule has 0 atom stereocenters. The van der Waals surface area contributed by atoms with Crippen LogP contribution < -0.4 is 10.1 Å². The molecular formula is C18H15ClF3NO2. The molecule has 0 spiro atoms. The van der Waals surface area contributed by atoms with Gasteiger partial charge in [0.1, 0.15) is 11.6 Å². The molecular weight excluding hydrogens is 355 g/mol. The molecule has 0 heterocycles. The van der Waals surface area contributed by atoms with Crippen molar-refractivity contribution in [3.05, 3.63) is 58.9 Å². The summed E-state index contributed by atoms with van der Waals surface area (Å²) in [4.78, 5) is 12.8. The van der Waals surface area contributed by atoms with Crippen molar-refractivity contribution in [2.24, 2.45) is 0 Å². The maximum absolute atomic E-state index is 13.1. The van der Waals surface area contributed by atoms with Gasteiger partial charge in [-0.25, -0.2) is 4.39 Å². The van der Waals surface area contributed by atoms with Crippen LogP contribution in [0, 0.1) is 5.82 Å². The number of rotatable bonds is 5. The van der Waals surface area contributed by atoms with Crippen molar-refractivity contribution < 1.29 is 22.7 Å². The number of carbonyl (C=O) groups is 1. The zero-order chi connectivity index (χ0) is 18.0. The van der Waals surface area contributed by atoms with Crippen molar-refractivity contribution in [1.82, 2.24) is 0 Å². The van der Waals surface area contributed by atoms with E-state index in [0.717, 1.165) is 12.0 Å². The average molecular weight is 370 g/mol. The molecule has 2 aromatic carbocycles. The minimum Gasteiger partial charge on any atom is -0.433 e. The molecule has 0 bridgehead atoms. The number of benzene rings is 2. The number of anilines is 1. The van der Waals surface area contributed by atoms with Gasteiger partial charge in [-0.1, -0.05) is 30.2 Å². The van der Waals surface area contributed by atoms with Gasteiger partial charge in [-0.05, 0) is 48.7 Å². The van der Waals surface area contributed by atoms with Crippen LogP contribution in [0.1, 0.15) is 24.8 Å². The molecule has 1 amide bonds. The highest BCUT2D eigenvalue weighted by Gasteiger charge is 2.45. The largest absolute Gasteiger partial charge is 0.433 e. The van der Waals surface area contributed by atoms with E-state index >= 15 is 0 Å². The van der Waals surface area contributed by atoms with Crippen LogP contribution in [0.25, 0.3) is 0 Å². The quantitative estimate of drug-likeness (QED) is 0.792. The third-order valence-corrected chi connectivity index (χ3v) is 4.74. The van der Waals surface area contributed by atoms with Crippen LogP contribution in [0.15, 0.2) is 42.5 Å². The van der Waals surface area contributed by atoms with Gasteiger partial charge in [0, 0.05) is 5.69 Å². The van der Waals surface area contributed by atoms with E-state index in [4.69, 9.17) is 11.6 Å². The highest BCUT2D eigenvalue weighted by atomic mass is 35.5. The molecule has 25 heavy (non-hydrogen) atoms. The van der Waals surface area contributed by atoms with Gasteiger partial charge in [-0.2, -0.15) is 8.78 Å². The fraction of sp³-hybridized carbons (Fsp3) is 0.278. The molecule has 132 valence electrons. The number of alkyl halides is 2. The Morgan fingerprint density at radius 3 is 2.36 bits per heavy atom. The summed E-state index contributed by atoms with van der Waals surface area (Å²) in [6.45, 7) is -2.98. The molecule has 3 nitrogen and oxygen atoms in total. The summed E-state index contributed by atoms with van der Waals surface area (Å²) in [6, 6.07) is 9.95. The van der Waals surface area contributed by atoms with Crippen LogP contribution in [0.2, 0.25) is 5.02 Å². The smallest absolute Gasteiger partial charge is 0.387 e. The molecule has 0 saturated heterocycles. The van der Waals surface area contributed by atoms with Crippen LogP contribution >= 0.6 is 11.6 Å². The van der Waals surface area contributed by atoms with E-state index in [0.29, 0.717) is 18.5 Å². The number of nitrogens with one attached hydrogen (secondary N) is 1. The Balaban J connectivity index is 1.79. The Labute approximate surface area is 147 Å². The van der Waals surface area contributed by atoms with Crippen molar-refractivity contribution in [2.45, 2.75) is 31.3 Å². The first-order valence-corrected chi connectivity index (χ1v) is 8.10. The number of amides is 1. The molecule has 3 rings (SSSR count). The lowest BCUT2D eigenvalue weighted by Crippen LogP contribution is -2.46. The first-order valence-electron chi connectivity index (χ1n) is 7.72. The van der Waals surface area contributed by atoms with Gasteiger partial charge in [0.25, 0.3) is 0 Å².